The topological polar surface area (TPSA) is 47.5 Å². The van der Waals surface area contributed by atoms with Crippen LogP contribution in [0, 0.1) is 0 Å². The maximum Gasteiger partial charge on any atom is 0.119 e. The number of ether oxygens (including phenoxy) is 2. The quantitative estimate of drug-likeness (QED) is 0.721. The summed E-state index contributed by atoms with van der Waals surface area (Å²) in [6.07, 6.45) is 7.68. The molecule has 1 aliphatic rings. The van der Waals surface area contributed by atoms with Gasteiger partial charge in [-0.15, -0.1) is 0 Å². The van der Waals surface area contributed by atoms with Crippen molar-refractivity contribution < 1.29 is 9.47 Å². The standard InChI is InChI=1S/C21H21N3O2/c1-25-18-4-5-20-19(15-18)21(24-10-12-26-13-11-24)14-17(23-20)3-2-16-6-8-22-9-7-16/h2-9,14-15H,10-13H2,1H3/b3-2+. The van der Waals surface area contributed by atoms with Crippen LogP contribution in [0.4, 0.5) is 5.69 Å². The molecule has 1 fully saturated rings. The van der Waals surface area contributed by atoms with Crippen LogP contribution in [0.25, 0.3) is 23.1 Å². The molecule has 0 atom stereocenters. The van der Waals surface area contributed by atoms with E-state index in [1.807, 2.05) is 30.3 Å². The molecule has 0 amide bonds. The van der Waals surface area contributed by atoms with E-state index in [1.165, 1.54) is 5.69 Å². The van der Waals surface area contributed by atoms with Gasteiger partial charge in [0.25, 0.3) is 0 Å². The number of hydrogen-bond acceptors (Lipinski definition) is 5. The summed E-state index contributed by atoms with van der Waals surface area (Å²) in [4.78, 5) is 11.2. The first-order chi connectivity index (χ1) is 12.8. The van der Waals surface area contributed by atoms with E-state index in [0.717, 1.165) is 54.2 Å². The highest BCUT2D eigenvalue weighted by Gasteiger charge is 2.16. The fraction of sp³-hybridized carbons (Fsp3) is 0.238. The van der Waals surface area contributed by atoms with Crippen LogP contribution in [0.3, 0.4) is 0 Å². The third kappa shape index (κ3) is 3.53. The predicted molar refractivity (Wildman–Crippen MR) is 104 cm³/mol. The average molecular weight is 347 g/mol. The number of pyridine rings is 2. The van der Waals surface area contributed by atoms with Crippen LogP contribution >= 0.6 is 0 Å². The first-order valence-electron chi connectivity index (χ1n) is 8.73. The molecular weight excluding hydrogens is 326 g/mol. The highest BCUT2D eigenvalue weighted by molar-refractivity contribution is 5.94. The van der Waals surface area contributed by atoms with E-state index in [9.17, 15) is 0 Å². The lowest BCUT2D eigenvalue weighted by molar-refractivity contribution is 0.123. The zero-order valence-corrected chi connectivity index (χ0v) is 14.8. The molecule has 3 heterocycles. The molecule has 0 N–H and O–H groups in total. The number of aromatic nitrogens is 2. The Kier molecular flexibility index (Phi) is 4.80. The summed E-state index contributed by atoms with van der Waals surface area (Å²) < 4.78 is 10.9. The lowest BCUT2D eigenvalue weighted by atomic mass is 10.1. The van der Waals surface area contributed by atoms with Gasteiger partial charge in [0.05, 0.1) is 31.5 Å². The number of hydrogen-bond donors (Lipinski definition) is 0. The molecular formula is C21H21N3O2. The monoisotopic (exact) mass is 347 g/mol. The third-order valence-electron chi connectivity index (χ3n) is 4.52. The summed E-state index contributed by atoms with van der Waals surface area (Å²) in [6.45, 7) is 3.25. The van der Waals surface area contributed by atoms with E-state index in [4.69, 9.17) is 14.5 Å². The highest BCUT2D eigenvalue weighted by Crippen LogP contribution is 2.31. The van der Waals surface area contributed by atoms with Gasteiger partial charge in [0.1, 0.15) is 5.75 Å². The van der Waals surface area contributed by atoms with Crippen molar-refractivity contribution in [3.63, 3.8) is 0 Å². The van der Waals surface area contributed by atoms with Crippen molar-refractivity contribution in [1.29, 1.82) is 0 Å². The van der Waals surface area contributed by atoms with Crippen LogP contribution in [-0.2, 0) is 4.74 Å². The normalized spacial score (nSPS) is 14.9. The Morgan fingerprint density at radius 1 is 1.04 bits per heavy atom. The van der Waals surface area contributed by atoms with Gasteiger partial charge in [0, 0.05) is 36.6 Å². The van der Waals surface area contributed by atoms with Crippen LogP contribution in [0.5, 0.6) is 5.75 Å². The summed E-state index contributed by atoms with van der Waals surface area (Å²) in [5, 5.41) is 1.10. The van der Waals surface area contributed by atoms with Gasteiger partial charge >= 0.3 is 0 Å². The SMILES string of the molecule is COc1ccc2nc(/C=C/c3ccncc3)cc(N3CCOCC3)c2c1. The minimum absolute atomic E-state index is 0.746. The molecule has 26 heavy (non-hydrogen) atoms. The lowest BCUT2D eigenvalue weighted by Crippen LogP contribution is -2.36. The smallest absolute Gasteiger partial charge is 0.119 e. The Bertz CT molecular complexity index is 919. The summed E-state index contributed by atoms with van der Waals surface area (Å²) in [6, 6.07) is 12.1. The Balaban J connectivity index is 1.78. The molecule has 5 nitrogen and oxygen atoms in total. The van der Waals surface area contributed by atoms with Crippen LogP contribution in [0.2, 0.25) is 0 Å². The van der Waals surface area contributed by atoms with Crippen molar-refractivity contribution in [2.24, 2.45) is 0 Å². The summed E-state index contributed by atoms with van der Waals surface area (Å²) >= 11 is 0. The number of nitrogens with zero attached hydrogens (tertiary/aromatic N) is 3. The molecule has 132 valence electrons. The molecule has 0 bridgehead atoms. The molecule has 0 radical (unpaired) electrons. The number of fused-ring (bicyclic) bond motifs is 1. The van der Waals surface area contributed by atoms with E-state index in [2.05, 4.69) is 28.1 Å². The molecule has 3 aromatic rings. The number of benzene rings is 1. The van der Waals surface area contributed by atoms with E-state index in [1.54, 1.807) is 19.5 Å². The molecule has 0 spiro atoms. The summed E-state index contributed by atoms with van der Waals surface area (Å²) in [7, 11) is 1.69. The van der Waals surface area contributed by atoms with Crippen molar-refractivity contribution >= 4 is 28.7 Å². The minimum Gasteiger partial charge on any atom is -0.497 e. The van der Waals surface area contributed by atoms with Crippen molar-refractivity contribution in [3.05, 3.63) is 60.0 Å². The van der Waals surface area contributed by atoms with Gasteiger partial charge in [-0.05, 0) is 48.0 Å². The molecule has 2 aromatic heterocycles. The fourth-order valence-electron chi connectivity index (χ4n) is 3.14. The van der Waals surface area contributed by atoms with Gasteiger partial charge in [-0.25, -0.2) is 4.98 Å². The van der Waals surface area contributed by atoms with Gasteiger partial charge in [0.15, 0.2) is 0 Å². The Hall–Kier alpha value is -2.92. The molecule has 0 saturated carbocycles. The zero-order valence-electron chi connectivity index (χ0n) is 14.8. The maximum absolute atomic E-state index is 5.51. The molecule has 4 rings (SSSR count). The first-order valence-corrected chi connectivity index (χ1v) is 8.73. The van der Waals surface area contributed by atoms with E-state index >= 15 is 0 Å². The van der Waals surface area contributed by atoms with Crippen molar-refractivity contribution in [2.45, 2.75) is 0 Å². The van der Waals surface area contributed by atoms with E-state index < -0.39 is 0 Å². The van der Waals surface area contributed by atoms with Gasteiger partial charge in [-0.1, -0.05) is 6.08 Å². The third-order valence-corrected chi connectivity index (χ3v) is 4.52. The fourth-order valence-corrected chi connectivity index (χ4v) is 3.14. The van der Waals surface area contributed by atoms with Gasteiger partial charge in [-0.2, -0.15) is 0 Å². The highest BCUT2D eigenvalue weighted by atomic mass is 16.5. The van der Waals surface area contributed by atoms with Crippen LogP contribution < -0.4 is 9.64 Å². The molecule has 1 saturated heterocycles. The van der Waals surface area contributed by atoms with E-state index in [-0.39, 0.29) is 0 Å². The predicted octanol–water partition coefficient (Wildman–Crippen LogP) is 3.65. The Labute approximate surface area is 152 Å². The Morgan fingerprint density at radius 3 is 2.62 bits per heavy atom. The summed E-state index contributed by atoms with van der Waals surface area (Å²) in [5.74, 6) is 0.842. The van der Waals surface area contributed by atoms with Crippen molar-refractivity contribution in [1.82, 2.24) is 9.97 Å². The first kappa shape index (κ1) is 16.5. The van der Waals surface area contributed by atoms with Gasteiger partial charge in [-0.3, -0.25) is 4.98 Å². The van der Waals surface area contributed by atoms with Crippen LogP contribution in [0.15, 0.2) is 48.8 Å². The Morgan fingerprint density at radius 2 is 1.85 bits per heavy atom. The number of methoxy groups -OCH3 is 1. The minimum atomic E-state index is 0.746. The molecule has 5 heteroatoms. The molecule has 0 aliphatic carbocycles. The molecule has 1 aromatic carbocycles. The number of anilines is 1. The van der Waals surface area contributed by atoms with Gasteiger partial charge in [0.2, 0.25) is 0 Å². The second-order valence-corrected chi connectivity index (χ2v) is 6.16. The largest absolute Gasteiger partial charge is 0.497 e. The van der Waals surface area contributed by atoms with Crippen LogP contribution in [-0.4, -0.2) is 43.4 Å². The molecule has 1 aliphatic heterocycles. The second-order valence-electron chi connectivity index (χ2n) is 6.16. The zero-order chi connectivity index (χ0) is 17.8. The second kappa shape index (κ2) is 7.54. The summed E-state index contributed by atoms with van der Waals surface area (Å²) in [5.41, 5.74) is 4.17. The maximum atomic E-state index is 5.51. The van der Waals surface area contributed by atoms with Crippen LogP contribution in [0.1, 0.15) is 11.3 Å². The average Bonchev–Trinajstić information content (AvgIpc) is 2.72. The van der Waals surface area contributed by atoms with E-state index in [0.29, 0.717) is 0 Å². The van der Waals surface area contributed by atoms with Crippen molar-refractivity contribution in [2.75, 3.05) is 38.3 Å². The molecule has 0 unspecified atom stereocenters. The van der Waals surface area contributed by atoms with Gasteiger partial charge < -0.3 is 14.4 Å². The number of rotatable bonds is 4. The van der Waals surface area contributed by atoms with Crippen molar-refractivity contribution in [3.8, 4) is 5.75 Å². The lowest BCUT2D eigenvalue weighted by Gasteiger charge is -2.30. The number of morpholine rings is 1.